The molecule has 0 spiro atoms. The third kappa shape index (κ3) is 4.08. The molecule has 4 rings (SSSR count). The Bertz CT molecular complexity index is 638. The van der Waals surface area contributed by atoms with Crippen LogP contribution in [0, 0.1) is 52.3 Å². The van der Waals surface area contributed by atoms with Crippen molar-refractivity contribution in [2.24, 2.45) is 52.3 Å². The van der Waals surface area contributed by atoms with E-state index < -0.39 is 0 Å². The Kier molecular flexibility index (Phi) is 7.04. The summed E-state index contributed by atoms with van der Waals surface area (Å²) in [6.07, 6.45) is 17.3. The van der Waals surface area contributed by atoms with Gasteiger partial charge in [0.05, 0.1) is 6.10 Å². The van der Waals surface area contributed by atoms with Gasteiger partial charge in [-0.1, -0.05) is 46.8 Å². The van der Waals surface area contributed by atoms with Gasteiger partial charge in [-0.3, -0.25) is 0 Å². The molecule has 0 saturated heterocycles. The lowest BCUT2D eigenvalue weighted by Gasteiger charge is -2.61. The van der Waals surface area contributed by atoms with Gasteiger partial charge in [-0.05, 0) is 136 Å². The number of hydrogen-bond acceptors (Lipinski definition) is 1. The average Bonchev–Trinajstić information content (AvgIpc) is 3.11. The largest absolute Gasteiger partial charge is 0.393 e. The summed E-state index contributed by atoms with van der Waals surface area (Å²) in [4.78, 5) is 0. The third-order valence-electron chi connectivity index (χ3n) is 11.9. The topological polar surface area (TPSA) is 20.2 Å². The normalized spacial score (nSPS) is 46.5. The second kappa shape index (κ2) is 9.15. The predicted molar refractivity (Wildman–Crippen MR) is 133 cm³/mol. The lowest BCUT2D eigenvalue weighted by Crippen LogP contribution is -2.54. The predicted octanol–water partition coefficient (Wildman–Crippen LogP) is 8.41. The van der Waals surface area contributed by atoms with Crippen LogP contribution in [0.4, 0.5) is 0 Å². The van der Waals surface area contributed by atoms with Gasteiger partial charge in [0.15, 0.2) is 0 Å². The molecule has 0 bridgehead atoms. The molecule has 10 unspecified atom stereocenters. The van der Waals surface area contributed by atoms with Crippen LogP contribution in [-0.2, 0) is 0 Å². The van der Waals surface area contributed by atoms with Crippen LogP contribution >= 0.6 is 0 Å². The van der Waals surface area contributed by atoms with Crippen molar-refractivity contribution in [2.75, 3.05) is 0 Å². The van der Waals surface area contributed by atoms with E-state index in [1.807, 2.05) is 0 Å². The van der Waals surface area contributed by atoms with Crippen molar-refractivity contribution < 1.29 is 5.11 Å². The molecular weight excluding hydrogens is 376 g/mol. The molecule has 4 aliphatic carbocycles. The smallest absolute Gasteiger partial charge is 0.0543 e. The quantitative estimate of drug-likeness (QED) is 0.403. The molecule has 1 N–H and O–H groups in total. The maximum absolute atomic E-state index is 10.3. The lowest BCUT2D eigenvalue weighted by atomic mass is 9.44. The summed E-state index contributed by atoms with van der Waals surface area (Å²) in [6.45, 7) is 16.9. The second-order valence-corrected chi connectivity index (χ2v) is 13.0. The minimum absolute atomic E-state index is 0.0177. The lowest BCUT2D eigenvalue weighted by molar-refractivity contribution is -0.129. The van der Waals surface area contributed by atoms with E-state index in [9.17, 15) is 5.11 Å². The summed E-state index contributed by atoms with van der Waals surface area (Å²) < 4.78 is 0. The molecule has 0 aromatic heterocycles. The van der Waals surface area contributed by atoms with Gasteiger partial charge in [0.25, 0.3) is 0 Å². The Morgan fingerprint density at radius 2 is 1.65 bits per heavy atom. The molecule has 31 heavy (non-hydrogen) atoms. The molecule has 0 aliphatic heterocycles. The SMILES string of the molecule is C=C(CC)C(CC)CCC(C)C1CCC2C3CCC4CC(O)CCC4(C)C3CCC12C. The van der Waals surface area contributed by atoms with E-state index in [0.717, 1.165) is 60.7 Å². The van der Waals surface area contributed by atoms with Gasteiger partial charge in [-0.2, -0.15) is 0 Å². The third-order valence-corrected chi connectivity index (χ3v) is 11.9. The molecule has 4 aliphatic rings. The zero-order chi connectivity index (χ0) is 22.4. The van der Waals surface area contributed by atoms with E-state index in [0.29, 0.717) is 10.8 Å². The second-order valence-electron chi connectivity index (χ2n) is 13.0. The van der Waals surface area contributed by atoms with Crippen LogP contribution in [0.15, 0.2) is 12.2 Å². The molecule has 0 radical (unpaired) electrons. The van der Waals surface area contributed by atoms with E-state index in [-0.39, 0.29) is 6.10 Å². The Morgan fingerprint density at radius 3 is 2.35 bits per heavy atom. The fourth-order valence-electron chi connectivity index (χ4n) is 9.86. The van der Waals surface area contributed by atoms with Crippen LogP contribution in [0.2, 0.25) is 0 Å². The minimum Gasteiger partial charge on any atom is -0.393 e. The molecule has 0 aromatic rings. The molecule has 0 aromatic carbocycles. The maximum atomic E-state index is 10.3. The summed E-state index contributed by atoms with van der Waals surface area (Å²) in [6, 6.07) is 0. The standard InChI is InChI=1S/C30H52O/c1-7-20(3)22(8-2)10-9-21(4)26-13-14-27-25-12-11-23-19-24(31)15-17-29(23,5)28(25)16-18-30(26,27)6/h21-28,31H,3,7-19H2,1-2,4-6H3. The van der Waals surface area contributed by atoms with Crippen LogP contribution in [0.5, 0.6) is 0 Å². The molecule has 1 heteroatoms. The average molecular weight is 429 g/mol. The first kappa shape index (κ1) is 23.8. The summed E-state index contributed by atoms with van der Waals surface area (Å²) >= 11 is 0. The van der Waals surface area contributed by atoms with Crippen LogP contribution in [0.1, 0.15) is 118 Å². The summed E-state index contributed by atoms with van der Waals surface area (Å²) in [5, 5.41) is 10.3. The van der Waals surface area contributed by atoms with Crippen molar-refractivity contribution >= 4 is 0 Å². The summed E-state index contributed by atoms with van der Waals surface area (Å²) in [5.41, 5.74) is 2.58. The molecule has 0 amide bonds. The van der Waals surface area contributed by atoms with Gasteiger partial charge >= 0.3 is 0 Å². The zero-order valence-electron chi connectivity index (χ0n) is 21.5. The van der Waals surface area contributed by atoms with E-state index in [1.165, 1.54) is 69.8 Å². The van der Waals surface area contributed by atoms with Crippen molar-refractivity contribution in [2.45, 2.75) is 124 Å². The van der Waals surface area contributed by atoms with Gasteiger partial charge in [0.1, 0.15) is 0 Å². The highest BCUT2D eigenvalue weighted by molar-refractivity contribution is 5.10. The number of rotatable bonds is 7. The molecule has 10 atom stereocenters. The number of allylic oxidation sites excluding steroid dienone is 1. The number of aliphatic hydroxyl groups excluding tert-OH is 1. The monoisotopic (exact) mass is 428 g/mol. The highest BCUT2D eigenvalue weighted by Gasteiger charge is 2.60. The first-order valence-electron chi connectivity index (χ1n) is 14.1. The Hall–Kier alpha value is -0.300. The van der Waals surface area contributed by atoms with Gasteiger partial charge in [0, 0.05) is 0 Å². The van der Waals surface area contributed by atoms with Crippen LogP contribution in [0.25, 0.3) is 0 Å². The molecule has 178 valence electrons. The highest BCUT2D eigenvalue weighted by Crippen LogP contribution is 2.68. The van der Waals surface area contributed by atoms with Crippen molar-refractivity contribution in [3.05, 3.63) is 12.2 Å². The Balaban J connectivity index is 1.44. The van der Waals surface area contributed by atoms with Crippen LogP contribution in [-0.4, -0.2) is 11.2 Å². The fraction of sp³-hybridized carbons (Fsp3) is 0.933. The van der Waals surface area contributed by atoms with Crippen molar-refractivity contribution in [3.8, 4) is 0 Å². The maximum Gasteiger partial charge on any atom is 0.0543 e. The van der Waals surface area contributed by atoms with Crippen LogP contribution in [0.3, 0.4) is 0 Å². The summed E-state index contributed by atoms with van der Waals surface area (Å²) in [7, 11) is 0. The first-order valence-corrected chi connectivity index (χ1v) is 14.1. The number of fused-ring (bicyclic) bond motifs is 5. The molecule has 0 heterocycles. The van der Waals surface area contributed by atoms with Crippen molar-refractivity contribution in [1.29, 1.82) is 0 Å². The molecule has 4 saturated carbocycles. The molecule has 1 nitrogen and oxygen atoms in total. The van der Waals surface area contributed by atoms with Crippen LogP contribution < -0.4 is 0 Å². The zero-order valence-corrected chi connectivity index (χ0v) is 21.5. The van der Waals surface area contributed by atoms with Gasteiger partial charge < -0.3 is 5.11 Å². The highest BCUT2D eigenvalue weighted by atomic mass is 16.3. The van der Waals surface area contributed by atoms with E-state index in [2.05, 4.69) is 41.2 Å². The van der Waals surface area contributed by atoms with E-state index in [1.54, 1.807) is 0 Å². The minimum atomic E-state index is -0.0177. The van der Waals surface area contributed by atoms with Crippen molar-refractivity contribution in [3.63, 3.8) is 0 Å². The van der Waals surface area contributed by atoms with Gasteiger partial charge in [0.2, 0.25) is 0 Å². The summed E-state index contributed by atoms with van der Waals surface area (Å²) in [5.74, 6) is 6.20. The Morgan fingerprint density at radius 1 is 0.935 bits per heavy atom. The van der Waals surface area contributed by atoms with E-state index >= 15 is 0 Å². The number of aliphatic hydroxyl groups is 1. The fourth-order valence-corrected chi connectivity index (χ4v) is 9.86. The molecule has 4 fully saturated rings. The molecular formula is C30H52O. The van der Waals surface area contributed by atoms with Crippen molar-refractivity contribution in [1.82, 2.24) is 0 Å². The van der Waals surface area contributed by atoms with Gasteiger partial charge in [-0.15, -0.1) is 0 Å². The first-order chi connectivity index (χ1) is 14.7. The Labute approximate surface area is 193 Å². The van der Waals surface area contributed by atoms with Gasteiger partial charge in [-0.25, -0.2) is 0 Å². The van der Waals surface area contributed by atoms with E-state index in [4.69, 9.17) is 0 Å². The number of hydrogen-bond donors (Lipinski definition) is 1.